The van der Waals surface area contributed by atoms with E-state index in [1.54, 1.807) is 0 Å². The van der Waals surface area contributed by atoms with E-state index in [-0.39, 0.29) is 51.2 Å². The van der Waals surface area contributed by atoms with E-state index < -0.39 is 0 Å². The first kappa shape index (κ1) is 118. The van der Waals surface area contributed by atoms with Crippen molar-refractivity contribution < 1.29 is 94.4 Å². The molecule has 0 amide bonds. The number of rotatable bonds is 0. The molecule has 132 valence electrons. The zero-order chi connectivity index (χ0) is 18.0. The topological polar surface area (TPSA) is 154 Å². The molecule has 9 nitrogen and oxygen atoms in total. The van der Waals surface area contributed by atoms with Gasteiger partial charge in [-0.05, 0) is 0 Å². The van der Waals surface area contributed by atoms with Gasteiger partial charge in [0.05, 0.1) is 0 Å². The molecule has 0 unspecified atom stereocenters. The van der Waals surface area contributed by atoms with Crippen LogP contribution in [0.2, 0.25) is 0 Å². The van der Waals surface area contributed by atoms with Gasteiger partial charge in [0.2, 0.25) is 0 Å². The fourth-order valence-electron chi connectivity index (χ4n) is 0. The van der Waals surface area contributed by atoms with Crippen LogP contribution in [0.3, 0.4) is 0 Å². The van der Waals surface area contributed by atoms with Crippen molar-refractivity contribution in [2.75, 3.05) is 0 Å². The third-order valence-electron chi connectivity index (χ3n) is 0. The van der Waals surface area contributed by atoms with Crippen LogP contribution >= 0.6 is 0 Å². The first-order valence-electron chi connectivity index (χ1n) is 2.12. The van der Waals surface area contributed by atoms with Crippen LogP contribution in [0, 0.1) is 0 Å². The van der Waals surface area contributed by atoms with Gasteiger partial charge >= 0.3 is 0 Å². The minimum atomic E-state index is 0. The minimum absolute atomic E-state index is 0. The second-order valence-electron chi connectivity index (χ2n) is 0. The van der Waals surface area contributed by atoms with Gasteiger partial charge in [0.25, 0.3) is 0 Å². The first-order chi connectivity index (χ1) is 9.00. The summed E-state index contributed by atoms with van der Waals surface area (Å²) in [6.07, 6.45) is 0. The van der Waals surface area contributed by atoms with Crippen molar-refractivity contribution in [2.24, 2.45) is 0 Å². The molecule has 0 aromatic rings. The van der Waals surface area contributed by atoms with E-state index in [4.69, 9.17) is 43.2 Å². The number of hydrogen-bond acceptors (Lipinski definition) is 9. The van der Waals surface area contributed by atoms with Gasteiger partial charge < -0.3 is 43.2 Å². The van der Waals surface area contributed by atoms with Crippen LogP contribution in [0.5, 0.6) is 0 Å². The second kappa shape index (κ2) is 2890. The summed E-state index contributed by atoms with van der Waals surface area (Å²) in [5.74, 6) is 0. The Balaban J connectivity index is -0.00000000426. The summed E-state index contributed by atoms with van der Waals surface area (Å²) in [6.45, 7) is 29.2. The fourth-order valence-corrected chi connectivity index (χ4v) is 0. The van der Waals surface area contributed by atoms with Gasteiger partial charge in [-0.3, -0.25) is 61.1 Å². The molecular formula is C9H9Fe3O9-9. The number of carbonyl (C=O) groups excluding carboxylic acids is 9. The quantitative estimate of drug-likeness (QED) is 0.232. The molecular weight excluding hydrogens is 420 g/mol. The summed E-state index contributed by atoms with van der Waals surface area (Å²) in [6, 6.07) is 0. The maximum absolute atomic E-state index is 7.75. The molecule has 0 rings (SSSR count). The molecule has 21 heavy (non-hydrogen) atoms. The third-order valence-corrected chi connectivity index (χ3v) is 0. The van der Waals surface area contributed by atoms with Crippen molar-refractivity contribution in [2.45, 2.75) is 0 Å². The van der Waals surface area contributed by atoms with Crippen molar-refractivity contribution >= 4 is 61.1 Å². The molecule has 0 heterocycles. The zero-order valence-electron chi connectivity index (χ0n) is 9.93. The molecule has 12 heteroatoms. The van der Waals surface area contributed by atoms with Gasteiger partial charge in [-0.2, -0.15) is 0 Å². The summed E-state index contributed by atoms with van der Waals surface area (Å²) in [7, 11) is 0. The van der Waals surface area contributed by atoms with Gasteiger partial charge in [0.15, 0.2) is 0 Å². The Kier molecular flexibility index (Phi) is 16200. The van der Waals surface area contributed by atoms with Gasteiger partial charge in [0, 0.05) is 51.2 Å². The number of hydrogen-bond donors (Lipinski definition) is 0. The van der Waals surface area contributed by atoms with Crippen molar-refractivity contribution in [3.05, 3.63) is 0 Å². The molecule has 0 aromatic carbocycles. The fraction of sp³-hybridized carbons (Fsp3) is 0. The van der Waals surface area contributed by atoms with Crippen molar-refractivity contribution in [1.82, 2.24) is 0 Å². The predicted octanol–water partition coefficient (Wildman–Crippen LogP) is -2.47. The van der Waals surface area contributed by atoms with E-state index in [1.165, 1.54) is 0 Å². The van der Waals surface area contributed by atoms with Crippen LogP contribution in [0.15, 0.2) is 0 Å². The van der Waals surface area contributed by atoms with Crippen LogP contribution < -0.4 is 0 Å². The molecule has 0 radical (unpaired) electrons. The summed E-state index contributed by atoms with van der Waals surface area (Å²) in [4.78, 5) is 69.8. The molecule has 0 bridgehead atoms. The Morgan fingerprint density at radius 2 is 0.190 bits per heavy atom. The molecule has 0 aliphatic rings. The average Bonchev–Trinajstić information content (AvgIpc) is 2.63. The van der Waals surface area contributed by atoms with E-state index in [9.17, 15) is 0 Å². The summed E-state index contributed by atoms with van der Waals surface area (Å²) < 4.78 is 0. The van der Waals surface area contributed by atoms with Crippen molar-refractivity contribution in [3.63, 3.8) is 0 Å². The second-order valence-corrected chi connectivity index (χ2v) is 0. The molecule has 0 spiro atoms. The standard InChI is InChI=1S/9CHO.3Fe/c9*1-2;;;/h9*1H;;;/q9*-1;;;. The van der Waals surface area contributed by atoms with E-state index >= 15 is 0 Å². The molecule has 0 aliphatic carbocycles. The van der Waals surface area contributed by atoms with Crippen molar-refractivity contribution in [1.29, 1.82) is 0 Å². The van der Waals surface area contributed by atoms with Gasteiger partial charge in [-0.15, -0.1) is 0 Å². The maximum atomic E-state index is 7.75. The van der Waals surface area contributed by atoms with Gasteiger partial charge in [0.1, 0.15) is 0 Å². The van der Waals surface area contributed by atoms with Crippen molar-refractivity contribution in [3.8, 4) is 0 Å². The Morgan fingerprint density at radius 3 is 0.190 bits per heavy atom. The average molecular weight is 429 g/mol. The third kappa shape index (κ3) is 2570. The zero-order valence-corrected chi connectivity index (χ0v) is 13.2. The Hall–Kier alpha value is -1.41. The molecule has 0 aromatic heterocycles. The van der Waals surface area contributed by atoms with E-state index in [1.807, 2.05) is 0 Å². The minimum Gasteiger partial charge on any atom is -0.545 e. The monoisotopic (exact) mass is 429 g/mol. The first-order valence-corrected chi connectivity index (χ1v) is 2.12. The van der Waals surface area contributed by atoms with Crippen LogP contribution in [-0.4, -0.2) is 61.1 Å². The molecule has 0 aliphatic heterocycles. The van der Waals surface area contributed by atoms with Crippen LogP contribution in [0.25, 0.3) is 0 Å². The van der Waals surface area contributed by atoms with E-state index in [0.29, 0.717) is 0 Å². The largest absolute Gasteiger partial charge is 0.545 e. The molecule has 0 saturated heterocycles. The van der Waals surface area contributed by atoms with Crippen LogP contribution in [0.1, 0.15) is 0 Å². The SMILES string of the molecule is [CH-]=O.[CH-]=O.[CH-]=O.[CH-]=O.[CH-]=O.[CH-]=O.[CH-]=O.[CH-]=O.[CH-]=O.[Fe].[Fe].[Fe]. The van der Waals surface area contributed by atoms with Crippen LogP contribution in [0.4, 0.5) is 0 Å². The summed E-state index contributed by atoms with van der Waals surface area (Å²) in [5, 5.41) is 0. The van der Waals surface area contributed by atoms with E-state index in [2.05, 4.69) is 61.1 Å². The molecule has 0 fully saturated rings. The Bertz CT molecular complexity index is 59.0. The van der Waals surface area contributed by atoms with E-state index in [0.717, 1.165) is 0 Å². The van der Waals surface area contributed by atoms with Gasteiger partial charge in [-0.1, -0.05) is 0 Å². The molecule has 0 saturated carbocycles. The predicted molar refractivity (Wildman–Crippen MR) is 60.8 cm³/mol. The smallest absolute Gasteiger partial charge is 0 e. The normalized spacial score (nSPS) is 1.71. The molecule has 0 atom stereocenters. The summed E-state index contributed by atoms with van der Waals surface area (Å²) >= 11 is 0. The maximum Gasteiger partial charge on any atom is 0 e. The van der Waals surface area contributed by atoms with Crippen LogP contribution in [-0.2, 0) is 94.4 Å². The van der Waals surface area contributed by atoms with Gasteiger partial charge in [-0.25, -0.2) is 0 Å². The molecule has 0 N–H and O–H groups in total. The Morgan fingerprint density at radius 1 is 0.190 bits per heavy atom. The summed E-state index contributed by atoms with van der Waals surface area (Å²) in [5.41, 5.74) is 0. The Labute approximate surface area is 155 Å².